The largest absolute Gasteiger partial charge is 0.465 e. The van der Waals surface area contributed by atoms with Crippen LogP contribution in [0.4, 0.5) is 8.78 Å². The first-order valence-electron chi connectivity index (χ1n) is 4.27. The van der Waals surface area contributed by atoms with Gasteiger partial charge >= 0.3 is 5.97 Å². The second-order valence-corrected chi connectivity index (χ2v) is 2.91. The number of esters is 1. The van der Waals surface area contributed by atoms with Crippen molar-refractivity contribution in [2.75, 3.05) is 7.11 Å². The number of rotatable bonds is 3. The topological polar surface area (TPSA) is 26.3 Å². The molecule has 0 spiro atoms. The van der Waals surface area contributed by atoms with Gasteiger partial charge in [0.25, 0.3) is 0 Å². The Hall–Kier alpha value is -1.71. The third-order valence-corrected chi connectivity index (χ3v) is 1.92. The predicted octanol–water partition coefficient (Wildman–Crippen LogP) is 2.48. The predicted molar refractivity (Wildman–Crippen MR) is 51.6 cm³/mol. The average Bonchev–Trinajstić information content (AvgIpc) is 2.22. The summed E-state index contributed by atoms with van der Waals surface area (Å²) in [6.45, 7) is 3.47. The molecule has 0 heterocycles. The third kappa shape index (κ3) is 2.40. The number of benzene rings is 1. The number of carbonyl (C=O) groups is 1. The second kappa shape index (κ2) is 4.68. The fourth-order valence-corrected chi connectivity index (χ4v) is 1.21. The lowest BCUT2D eigenvalue weighted by molar-refractivity contribution is 0.0599. The van der Waals surface area contributed by atoms with Crippen molar-refractivity contribution in [3.05, 3.63) is 47.5 Å². The minimum Gasteiger partial charge on any atom is -0.465 e. The van der Waals surface area contributed by atoms with E-state index in [4.69, 9.17) is 0 Å². The van der Waals surface area contributed by atoms with E-state index in [-0.39, 0.29) is 12.0 Å². The van der Waals surface area contributed by atoms with Gasteiger partial charge in [-0.3, -0.25) is 0 Å². The number of carbonyl (C=O) groups excluding carboxylic acids is 1. The molecule has 0 aliphatic rings. The summed E-state index contributed by atoms with van der Waals surface area (Å²) in [5, 5.41) is 0. The smallest absolute Gasteiger partial charge is 0.338 e. The van der Waals surface area contributed by atoms with Gasteiger partial charge in [0.05, 0.1) is 12.7 Å². The maximum Gasteiger partial charge on any atom is 0.338 e. The Kier molecular flexibility index (Phi) is 3.55. The number of hydrogen-bond acceptors (Lipinski definition) is 2. The van der Waals surface area contributed by atoms with Gasteiger partial charge in [0.1, 0.15) is 0 Å². The molecule has 0 aromatic heterocycles. The first kappa shape index (κ1) is 11.4. The van der Waals surface area contributed by atoms with E-state index < -0.39 is 17.6 Å². The van der Waals surface area contributed by atoms with Gasteiger partial charge in [-0.25, -0.2) is 13.6 Å². The van der Waals surface area contributed by atoms with Crippen molar-refractivity contribution >= 4 is 5.97 Å². The molecule has 0 bridgehead atoms. The summed E-state index contributed by atoms with van der Waals surface area (Å²) in [4.78, 5) is 11.2. The summed E-state index contributed by atoms with van der Waals surface area (Å²) in [5.41, 5.74) is 0.382. The van der Waals surface area contributed by atoms with Crippen molar-refractivity contribution in [3.8, 4) is 0 Å². The molecule has 0 N–H and O–H groups in total. The van der Waals surface area contributed by atoms with Gasteiger partial charge in [0.2, 0.25) is 0 Å². The Morgan fingerprint density at radius 1 is 1.47 bits per heavy atom. The Bertz CT molecular complexity index is 400. The molecular weight excluding hydrogens is 202 g/mol. The highest BCUT2D eigenvalue weighted by atomic mass is 19.2. The van der Waals surface area contributed by atoms with Crippen LogP contribution in [0.5, 0.6) is 0 Å². The third-order valence-electron chi connectivity index (χ3n) is 1.92. The first-order chi connectivity index (χ1) is 7.10. The molecular formula is C11H10F2O2. The summed E-state index contributed by atoms with van der Waals surface area (Å²) in [6.07, 6.45) is 1.78. The summed E-state index contributed by atoms with van der Waals surface area (Å²) in [5.74, 6) is -2.74. The Morgan fingerprint density at radius 3 is 2.60 bits per heavy atom. The molecule has 0 atom stereocenters. The molecule has 0 saturated heterocycles. The molecule has 0 amide bonds. The Balaban J connectivity index is 3.27. The SMILES string of the molecule is C=CCc1cc(F)c(F)cc1C(=O)OC. The van der Waals surface area contributed by atoms with E-state index in [1.807, 2.05) is 0 Å². The molecule has 0 radical (unpaired) electrons. The number of methoxy groups -OCH3 is 1. The monoisotopic (exact) mass is 212 g/mol. The molecule has 80 valence electrons. The average molecular weight is 212 g/mol. The van der Waals surface area contributed by atoms with Gasteiger partial charge in [0.15, 0.2) is 11.6 Å². The van der Waals surface area contributed by atoms with Gasteiger partial charge < -0.3 is 4.74 Å². The van der Waals surface area contributed by atoms with Gasteiger partial charge in [-0.1, -0.05) is 6.08 Å². The summed E-state index contributed by atoms with van der Waals surface area (Å²) >= 11 is 0. The van der Waals surface area contributed by atoms with Crippen LogP contribution in [0.3, 0.4) is 0 Å². The van der Waals surface area contributed by atoms with Crippen LogP contribution in [0.2, 0.25) is 0 Å². The zero-order chi connectivity index (χ0) is 11.4. The fourth-order valence-electron chi connectivity index (χ4n) is 1.21. The van der Waals surface area contributed by atoms with Crippen LogP contribution in [-0.2, 0) is 11.2 Å². The molecule has 0 fully saturated rings. The summed E-state index contributed by atoms with van der Waals surface area (Å²) in [6, 6.07) is 1.81. The molecule has 0 unspecified atom stereocenters. The lowest BCUT2D eigenvalue weighted by Gasteiger charge is -2.06. The van der Waals surface area contributed by atoms with E-state index in [9.17, 15) is 13.6 Å². The summed E-state index contributed by atoms with van der Waals surface area (Å²) in [7, 11) is 1.18. The van der Waals surface area contributed by atoms with Crippen molar-refractivity contribution in [1.82, 2.24) is 0 Å². The molecule has 2 nitrogen and oxygen atoms in total. The summed E-state index contributed by atoms with van der Waals surface area (Å²) < 4.78 is 30.2. The van der Waals surface area contributed by atoms with Crippen LogP contribution < -0.4 is 0 Å². The second-order valence-electron chi connectivity index (χ2n) is 2.91. The van der Waals surface area contributed by atoms with Crippen molar-refractivity contribution in [1.29, 1.82) is 0 Å². The minimum atomic E-state index is -1.07. The van der Waals surface area contributed by atoms with E-state index in [0.29, 0.717) is 5.56 Å². The van der Waals surface area contributed by atoms with Crippen LogP contribution >= 0.6 is 0 Å². The van der Waals surface area contributed by atoms with E-state index in [0.717, 1.165) is 12.1 Å². The molecule has 1 aromatic rings. The Morgan fingerprint density at radius 2 is 2.07 bits per heavy atom. The maximum absolute atomic E-state index is 12.9. The highest BCUT2D eigenvalue weighted by Gasteiger charge is 2.15. The number of halogens is 2. The van der Waals surface area contributed by atoms with Crippen molar-refractivity contribution < 1.29 is 18.3 Å². The number of allylic oxidation sites excluding steroid dienone is 1. The standard InChI is InChI=1S/C11H10F2O2/c1-3-4-7-5-9(12)10(13)6-8(7)11(14)15-2/h3,5-6H,1,4H2,2H3. The molecule has 0 aliphatic carbocycles. The molecule has 4 heteroatoms. The minimum absolute atomic E-state index is 0.0244. The van der Waals surface area contributed by atoms with Crippen molar-refractivity contribution in [2.24, 2.45) is 0 Å². The first-order valence-corrected chi connectivity index (χ1v) is 4.27. The lowest BCUT2D eigenvalue weighted by Crippen LogP contribution is -2.07. The van der Waals surface area contributed by atoms with Crippen LogP contribution in [0.25, 0.3) is 0 Å². The van der Waals surface area contributed by atoms with Crippen molar-refractivity contribution in [2.45, 2.75) is 6.42 Å². The van der Waals surface area contributed by atoms with Crippen molar-refractivity contribution in [3.63, 3.8) is 0 Å². The molecule has 0 saturated carbocycles. The van der Waals surface area contributed by atoms with Crippen LogP contribution in [0.1, 0.15) is 15.9 Å². The Labute approximate surface area is 86.2 Å². The van der Waals surface area contributed by atoms with E-state index in [1.165, 1.54) is 13.2 Å². The highest BCUT2D eigenvalue weighted by molar-refractivity contribution is 5.91. The van der Waals surface area contributed by atoms with Gasteiger partial charge in [-0.2, -0.15) is 0 Å². The quantitative estimate of drug-likeness (QED) is 0.568. The number of hydrogen-bond donors (Lipinski definition) is 0. The van der Waals surface area contributed by atoms with Crippen LogP contribution in [0.15, 0.2) is 24.8 Å². The zero-order valence-electron chi connectivity index (χ0n) is 8.22. The van der Waals surface area contributed by atoms with Crippen LogP contribution in [-0.4, -0.2) is 13.1 Å². The normalized spacial score (nSPS) is 9.80. The lowest BCUT2D eigenvalue weighted by atomic mass is 10.0. The maximum atomic E-state index is 12.9. The fraction of sp³-hybridized carbons (Fsp3) is 0.182. The van der Waals surface area contributed by atoms with E-state index >= 15 is 0 Å². The van der Waals surface area contributed by atoms with Gasteiger partial charge in [-0.15, -0.1) is 6.58 Å². The zero-order valence-corrected chi connectivity index (χ0v) is 8.22. The highest BCUT2D eigenvalue weighted by Crippen LogP contribution is 2.16. The van der Waals surface area contributed by atoms with E-state index in [2.05, 4.69) is 11.3 Å². The molecule has 15 heavy (non-hydrogen) atoms. The molecule has 1 rings (SSSR count). The van der Waals surface area contributed by atoms with Gasteiger partial charge in [-0.05, 0) is 24.1 Å². The number of ether oxygens (including phenoxy) is 1. The van der Waals surface area contributed by atoms with Gasteiger partial charge in [0, 0.05) is 0 Å². The van der Waals surface area contributed by atoms with E-state index in [1.54, 1.807) is 0 Å². The molecule has 1 aromatic carbocycles. The van der Waals surface area contributed by atoms with Crippen LogP contribution in [0, 0.1) is 11.6 Å². The molecule has 0 aliphatic heterocycles.